The summed E-state index contributed by atoms with van der Waals surface area (Å²) in [6, 6.07) is 5.60. The Hall–Kier alpha value is -4.04. The normalized spacial score (nSPS) is 15.3. The van der Waals surface area contributed by atoms with Crippen LogP contribution in [0.1, 0.15) is 15.9 Å². The number of carbonyl (C=O) groups is 1. The van der Waals surface area contributed by atoms with Gasteiger partial charge >= 0.3 is 0 Å². The smallest absolute Gasteiger partial charge is 0.257 e. The van der Waals surface area contributed by atoms with Crippen LogP contribution in [0.3, 0.4) is 0 Å². The monoisotopic (exact) mass is 435 g/mol. The van der Waals surface area contributed by atoms with Gasteiger partial charge in [0.2, 0.25) is 5.95 Å². The zero-order valence-electron chi connectivity index (χ0n) is 17.4. The fraction of sp³-hybridized carbons (Fsp3) is 0.333. The van der Waals surface area contributed by atoms with Crippen LogP contribution in [0.2, 0.25) is 0 Å². The van der Waals surface area contributed by atoms with E-state index in [0.717, 1.165) is 0 Å². The Balaban J connectivity index is 1.51. The molecular formula is C21H21N7O4. The molecule has 2 aliphatic rings. The van der Waals surface area contributed by atoms with Crippen LogP contribution in [0.4, 0.5) is 17.5 Å². The van der Waals surface area contributed by atoms with Crippen molar-refractivity contribution in [1.82, 2.24) is 19.9 Å². The number of H-pyrrole nitrogens is 1. The number of nitrogens with zero attached hydrogens (tertiary/aromatic N) is 4. The number of nitrogens with one attached hydrogen (secondary N) is 3. The van der Waals surface area contributed by atoms with Crippen molar-refractivity contribution >= 4 is 34.4 Å². The molecule has 0 spiro atoms. The van der Waals surface area contributed by atoms with Gasteiger partial charge in [0.15, 0.2) is 11.5 Å². The molecular weight excluding hydrogens is 414 g/mol. The summed E-state index contributed by atoms with van der Waals surface area (Å²) in [5.74, 6) is 1.54. The van der Waals surface area contributed by atoms with Crippen molar-refractivity contribution in [3.8, 4) is 17.6 Å². The zero-order valence-corrected chi connectivity index (χ0v) is 17.4. The number of rotatable bonds is 4. The Kier molecular flexibility index (Phi) is 5.12. The van der Waals surface area contributed by atoms with Crippen LogP contribution >= 0.6 is 0 Å². The van der Waals surface area contributed by atoms with Gasteiger partial charge in [-0.3, -0.25) is 4.79 Å². The molecule has 0 atom stereocenters. The molecule has 0 unspecified atom stereocenters. The van der Waals surface area contributed by atoms with E-state index >= 15 is 0 Å². The van der Waals surface area contributed by atoms with E-state index in [1.165, 1.54) is 0 Å². The molecule has 1 saturated heterocycles. The van der Waals surface area contributed by atoms with E-state index in [1.54, 1.807) is 30.3 Å². The Bertz CT molecular complexity index is 1230. The number of morpholine rings is 1. The minimum Gasteiger partial charge on any atom is -0.485 e. The molecule has 164 valence electrons. The third-order valence-electron chi connectivity index (χ3n) is 5.35. The third-order valence-corrected chi connectivity index (χ3v) is 5.35. The summed E-state index contributed by atoms with van der Waals surface area (Å²) in [5.41, 5.74) is 2.00. The molecule has 0 aliphatic carbocycles. The first-order chi connectivity index (χ1) is 15.7. The van der Waals surface area contributed by atoms with Gasteiger partial charge in [-0.15, -0.1) is 0 Å². The number of aromatic nitrogens is 3. The molecule has 0 bridgehead atoms. The maximum atomic E-state index is 13.1. The molecule has 11 nitrogen and oxygen atoms in total. The maximum absolute atomic E-state index is 13.1. The number of aromatic amines is 1. The zero-order chi connectivity index (χ0) is 22.1. The quantitative estimate of drug-likeness (QED) is 0.560. The van der Waals surface area contributed by atoms with Crippen LogP contribution in [0.5, 0.6) is 11.5 Å². The molecule has 11 heteroatoms. The minimum atomic E-state index is -0.118. The molecule has 4 heterocycles. The standard InChI is InChI=1S/C21H21N7O4/c1-23-18-15-12(10-22)11-24-19(15)27-21(26-18)25-14-3-2-13(16-17(14)32-9-8-31-16)20(29)28-4-6-30-7-5-28/h2-3,11H,4-9H2,1H3,(H3,23,24,25,26,27). The first-order valence-corrected chi connectivity index (χ1v) is 10.2. The predicted molar refractivity (Wildman–Crippen MR) is 116 cm³/mol. The van der Waals surface area contributed by atoms with Crippen LogP contribution in [0.25, 0.3) is 11.0 Å². The Labute approximate surface area is 183 Å². The first kappa shape index (κ1) is 19.9. The molecule has 1 aromatic carbocycles. The van der Waals surface area contributed by atoms with Crippen LogP contribution in [-0.4, -0.2) is 72.3 Å². The summed E-state index contributed by atoms with van der Waals surface area (Å²) in [4.78, 5) is 26.8. The summed E-state index contributed by atoms with van der Waals surface area (Å²) in [7, 11) is 1.73. The molecule has 0 radical (unpaired) electrons. The lowest BCUT2D eigenvalue weighted by Crippen LogP contribution is -2.41. The van der Waals surface area contributed by atoms with Crippen molar-refractivity contribution < 1.29 is 19.0 Å². The van der Waals surface area contributed by atoms with Crippen LogP contribution < -0.4 is 20.1 Å². The number of anilines is 3. The average Bonchev–Trinajstić information content (AvgIpc) is 3.27. The number of carbonyl (C=O) groups excluding carboxylic acids is 1. The second-order valence-electron chi connectivity index (χ2n) is 7.23. The van der Waals surface area contributed by atoms with Gasteiger partial charge in [-0.2, -0.15) is 15.2 Å². The lowest BCUT2D eigenvalue weighted by Gasteiger charge is -2.29. The van der Waals surface area contributed by atoms with Gasteiger partial charge in [0, 0.05) is 26.3 Å². The predicted octanol–water partition coefficient (Wildman–Crippen LogP) is 1.86. The topological polar surface area (TPSA) is 137 Å². The molecule has 32 heavy (non-hydrogen) atoms. The Morgan fingerprint density at radius 3 is 2.69 bits per heavy atom. The highest BCUT2D eigenvalue weighted by molar-refractivity contribution is 5.99. The first-order valence-electron chi connectivity index (χ1n) is 10.2. The maximum Gasteiger partial charge on any atom is 0.257 e. The van der Waals surface area contributed by atoms with Crippen molar-refractivity contribution in [2.75, 3.05) is 57.2 Å². The lowest BCUT2D eigenvalue weighted by molar-refractivity contribution is 0.0298. The van der Waals surface area contributed by atoms with E-state index in [4.69, 9.17) is 14.2 Å². The summed E-state index contributed by atoms with van der Waals surface area (Å²) in [6.07, 6.45) is 1.59. The number of hydrogen-bond acceptors (Lipinski definition) is 9. The minimum absolute atomic E-state index is 0.118. The molecule has 3 N–H and O–H groups in total. The van der Waals surface area contributed by atoms with Gasteiger partial charge in [0.25, 0.3) is 5.91 Å². The van der Waals surface area contributed by atoms with Crippen molar-refractivity contribution in [3.05, 3.63) is 29.5 Å². The number of benzene rings is 1. The summed E-state index contributed by atoms with van der Waals surface area (Å²) in [6.45, 7) is 2.83. The van der Waals surface area contributed by atoms with Crippen LogP contribution in [0, 0.1) is 11.3 Å². The van der Waals surface area contributed by atoms with E-state index in [-0.39, 0.29) is 5.91 Å². The van der Waals surface area contributed by atoms with Crippen molar-refractivity contribution in [3.63, 3.8) is 0 Å². The summed E-state index contributed by atoms with van der Waals surface area (Å²) >= 11 is 0. The van der Waals surface area contributed by atoms with Gasteiger partial charge < -0.3 is 34.7 Å². The summed E-state index contributed by atoms with van der Waals surface area (Å²) in [5, 5.41) is 16.1. The second kappa shape index (κ2) is 8.24. The number of amides is 1. The summed E-state index contributed by atoms with van der Waals surface area (Å²) < 4.78 is 17.0. The number of nitriles is 1. The van der Waals surface area contributed by atoms with Crippen LogP contribution in [0.15, 0.2) is 18.3 Å². The highest BCUT2D eigenvalue weighted by atomic mass is 16.6. The average molecular weight is 435 g/mol. The largest absolute Gasteiger partial charge is 0.485 e. The van der Waals surface area contributed by atoms with Crippen molar-refractivity contribution in [2.45, 2.75) is 0 Å². The molecule has 2 aliphatic heterocycles. The second-order valence-corrected chi connectivity index (χ2v) is 7.23. The fourth-order valence-corrected chi connectivity index (χ4v) is 3.82. The van der Waals surface area contributed by atoms with E-state index < -0.39 is 0 Å². The Morgan fingerprint density at radius 1 is 1.16 bits per heavy atom. The lowest BCUT2D eigenvalue weighted by atomic mass is 10.1. The van der Waals surface area contributed by atoms with Crippen molar-refractivity contribution in [2.24, 2.45) is 0 Å². The molecule has 3 aromatic rings. The molecule has 1 amide bonds. The highest BCUT2D eigenvalue weighted by Gasteiger charge is 2.28. The molecule has 1 fully saturated rings. The van der Waals surface area contributed by atoms with Gasteiger partial charge in [-0.05, 0) is 12.1 Å². The Morgan fingerprint density at radius 2 is 1.94 bits per heavy atom. The van der Waals surface area contributed by atoms with E-state index in [0.29, 0.717) is 90.6 Å². The van der Waals surface area contributed by atoms with E-state index in [2.05, 4.69) is 31.7 Å². The van der Waals surface area contributed by atoms with Crippen LogP contribution in [-0.2, 0) is 4.74 Å². The van der Waals surface area contributed by atoms with E-state index in [1.807, 2.05) is 0 Å². The molecule has 0 saturated carbocycles. The van der Waals surface area contributed by atoms with Gasteiger partial charge in [0.1, 0.15) is 30.7 Å². The van der Waals surface area contributed by atoms with E-state index in [9.17, 15) is 10.1 Å². The van der Waals surface area contributed by atoms with Gasteiger partial charge in [-0.25, -0.2) is 0 Å². The number of ether oxygens (including phenoxy) is 3. The molecule has 2 aromatic heterocycles. The van der Waals surface area contributed by atoms with Gasteiger partial charge in [0.05, 0.1) is 35.4 Å². The SMILES string of the molecule is CNc1nc(Nc2ccc(C(=O)N3CCOCC3)c3c2OCCO3)nc2[nH]cc(C#N)c12. The highest BCUT2D eigenvalue weighted by Crippen LogP contribution is 2.42. The third kappa shape index (κ3) is 3.40. The van der Waals surface area contributed by atoms with Crippen molar-refractivity contribution in [1.29, 1.82) is 5.26 Å². The fourth-order valence-electron chi connectivity index (χ4n) is 3.82. The number of fused-ring (bicyclic) bond motifs is 2. The molecule has 5 rings (SSSR count). The van der Waals surface area contributed by atoms with Gasteiger partial charge in [-0.1, -0.05) is 0 Å². The number of hydrogen-bond donors (Lipinski definition) is 3.